The number of benzene rings is 1. The molecule has 2 rings (SSSR count). The number of carbonyl (C=O) groups is 2. The highest BCUT2D eigenvalue weighted by atomic mass is 32.2. The lowest BCUT2D eigenvalue weighted by molar-refractivity contribution is 0.0975. The summed E-state index contributed by atoms with van der Waals surface area (Å²) in [7, 11) is -3.07. The quantitative estimate of drug-likeness (QED) is 0.180. The number of nitrogens with one attached hydrogen (secondary N) is 1. The maximum Gasteiger partial charge on any atom is 0.330 e. The van der Waals surface area contributed by atoms with Crippen molar-refractivity contribution in [3.63, 3.8) is 0 Å². The maximum absolute atomic E-state index is 12.5. The fourth-order valence-electron chi connectivity index (χ4n) is 3.01. The lowest BCUT2D eigenvalue weighted by atomic mass is 10.2. The lowest BCUT2D eigenvalue weighted by Gasteiger charge is -2.16. The summed E-state index contributed by atoms with van der Waals surface area (Å²) in [6, 6.07) is 8.71. The van der Waals surface area contributed by atoms with E-state index in [1.807, 2.05) is 6.07 Å². The van der Waals surface area contributed by atoms with Gasteiger partial charge in [-0.15, -0.1) is 5.10 Å². The van der Waals surface area contributed by atoms with Gasteiger partial charge in [0.2, 0.25) is 0 Å². The van der Waals surface area contributed by atoms with Crippen molar-refractivity contribution in [2.75, 3.05) is 25.6 Å². The largest absolute Gasteiger partial charge is 0.364 e. The summed E-state index contributed by atoms with van der Waals surface area (Å²) in [6.45, 7) is 4.61. The van der Waals surface area contributed by atoms with Crippen molar-refractivity contribution in [3.8, 4) is 0 Å². The number of nitrogens with zero attached hydrogens (tertiary/aromatic N) is 4. The zero-order valence-corrected chi connectivity index (χ0v) is 21.3. The summed E-state index contributed by atoms with van der Waals surface area (Å²) >= 11 is 1.20. The van der Waals surface area contributed by atoms with Gasteiger partial charge in [-0.05, 0) is 45.1 Å². The smallest absolute Gasteiger partial charge is 0.330 e. The Kier molecular flexibility index (Phi) is 11.4. The lowest BCUT2D eigenvalue weighted by Crippen LogP contribution is -2.28. The highest BCUT2D eigenvalue weighted by Gasteiger charge is 2.23. The Morgan fingerprint density at radius 3 is 2.41 bits per heavy atom. The van der Waals surface area contributed by atoms with E-state index in [4.69, 9.17) is 14.8 Å². The van der Waals surface area contributed by atoms with Crippen LogP contribution in [0.5, 0.6) is 0 Å². The highest BCUT2D eigenvalue weighted by Crippen LogP contribution is 2.48. The first-order chi connectivity index (χ1) is 16.3. The molecule has 11 nitrogen and oxygen atoms in total. The molecule has 0 aliphatic rings. The number of thioether (sulfide) groups is 1. The van der Waals surface area contributed by atoms with E-state index in [0.717, 1.165) is 6.42 Å². The molecule has 0 bridgehead atoms. The van der Waals surface area contributed by atoms with Gasteiger partial charge in [0.1, 0.15) is 0 Å². The van der Waals surface area contributed by atoms with Crippen LogP contribution in [-0.2, 0) is 20.2 Å². The minimum Gasteiger partial charge on any atom is -0.364 e. The molecule has 0 fully saturated rings. The molecule has 0 unspecified atom stereocenters. The molecule has 0 atom stereocenters. The van der Waals surface area contributed by atoms with E-state index in [-0.39, 0.29) is 22.6 Å². The van der Waals surface area contributed by atoms with Crippen molar-refractivity contribution < 1.29 is 23.2 Å². The monoisotopic (exact) mass is 510 g/mol. The number of nitrogens with two attached hydrogens (primary N) is 1. The SMILES string of the molecule is CCOP(=O)(CCCCCn1nnc(C(N)=O)c1/N=C(/NC(=O)c1ccccc1)SC)OCC. The van der Waals surface area contributed by atoms with Gasteiger partial charge in [-0.2, -0.15) is 0 Å². The Morgan fingerprint density at radius 1 is 1.15 bits per heavy atom. The van der Waals surface area contributed by atoms with E-state index in [9.17, 15) is 14.2 Å². The molecule has 0 saturated heterocycles. The van der Waals surface area contributed by atoms with Gasteiger partial charge in [0.25, 0.3) is 11.8 Å². The van der Waals surface area contributed by atoms with Gasteiger partial charge < -0.3 is 20.1 Å². The molecule has 1 heterocycles. The summed E-state index contributed by atoms with van der Waals surface area (Å²) < 4.78 is 24.6. The van der Waals surface area contributed by atoms with Gasteiger partial charge in [0.05, 0.1) is 19.4 Å². The highest BCUT2D eigenvalue weighted by molar-refractivity contribution is 8.13. The van der Waals surface area contributed by atoms with Crippen LogP contribution in [0.3, 0.4) is 0 Å². The van der Waals surface area contributed by atoms with E-state index in [1.54, 1.807) is 44.4 Å². The Morgan fingerprint density at radius 2 is 1.82 bits per heavy atom. The van der Waals surface area contributed by atoms with Crippen LogP contribution >= 0.6 is 19.4 Å². The van der Waals surface area contributed by atoms with Crippen LogP contribution in [0.15, 0.2) is 35.3 Å². The predicted octanol–water partition coefficient (Wildman–Crippen LogP) is 3.59. The van der Waals surface area contributed by atoms with Crippen molar-refractivity contribution in [3.05, 3.63) is 41.6 Å². The van der Waals surface area contributed by atoms with Crippen LogP contribution < -0.4 is 11.1 Å². The van der Waals surface area contributed by atoms with Gasteiger partial charge in [-0.25, -0.2) is 9.67 Å². The summed E-state index contributed by atoms with van der Waals surface area (Å²) in [5, 5.41) is 10.9. The molecule has 1 aromatic carbocycles. The van der Waals surface area contributed by atoms with E-state index in [1.165, 1.54) is 16.4 Å². The van der Waals surface area contributed by atoms with Gasteiger partial charge in [-0.1, -0.05) is 41.6 Å². The number of amidine groups is 1. The molecule has 0 aliphatic heterocycles. The number of rotatable bonds is 13. The second-order valence-corrected chi connectivity index (χ2v) is 10.0. The first-order valence-corrected chi connectivity index (χ1v) is 13.9. The number of primary amides is 1. The average molecular weight is 511 g/mol. The average Bonchev–Trinajstić information content (AvgIpc) is 3.21. The van der Waals surface area contributed by atoms with Crippen LogP contribution in [0.25, 0.3) is 0 Å². The summed E-state index contributed by atoms with van der Waals surface area (Å²) in [5.74, 6) is -0.935. The second-order valence-electron chi connectivity index (χ2n) is 7.02. The standard InChI is InChI=1S/C21H31N6O5PS/c1-4-31-33(30,32-5-2)15-11-7-10-14-27-19(17(18(22)28)25-26-27)23-21(34-3)24-20(29)16-12-8-6-9-13-16/h6,8-9,12-13H,4-5,7,10-11,14-15H2,1-3H3,(H2,22,28)(H,23,24,29). The normalized spacial score (nSPS) is 12.0. The molecule has 2 aromatic rings. The van der Waals surface area contributed by atoms with Crippen LogP contribution in [0.2, 0.25) is 0 Å². The number of aliphatic imine (C=N–C) groups is 1. The third-order valence-corrected chi connectivity index (χ3v) is 7.30. The molecule has 0 spiro atoms. The third-order valence-electron chi connectivity index (χ3n) is 4.55. The first kappa shape index (κ1) is 27.7. The molecule has 2 amide bonds. The zero-order chi connectivity index (χ0) is 25.0. The molecule has 3 N–H and O–H groups in total. The van der Waals surface area contributed by atoms with E-state index < -0.39 is 13.5 Å². The van der Waals surface area contributed by atoms with Crippen LogP contribution in [-0.4, -0.2) is 57.6 Å². The van der Waals surface area contributed by atoms with Gasteiger partial charge in [0, 0.05) is 12.1 Å². The Hall–Kier alpha value is -2.53. The molecule has 34 heavy (non-hydrogen) atoms. The van der Waals surface area contributed by atoms with Crippen LogP contribution in [0.4, 0.5) is 5.82 Å². The number of hydrogen-bond acceptors (Lipinski definition) is 9. The third kappa shape index (κ3) is 8.35. The molecule has 0 aliphatic carbocycles. The van der Waals surface area contributed by atoms with Crippen LogP contribution in [0, 0.1) is 0 Å². The minimum atomic E-state index is -3.07. The van der Waals surface area contributed by atoms with E-state index in [0.29, 0.717) is 44.3 Å². The molecular formula is C21H31N6O5PS. The van der Waals surface area contributed by atoms with E-state index in [2.05, 4.69) is 20.6 Å². The Balaban J connectivity index is 2.07. The first-order valence-electron chi connectivity index (χ1n) is 10.9. The molecule has 186 valence electrons. The maximum atomic E-state index is 12.5. The van der Waals surface area contributed by atoms with Crippen molar-refractivity contribution in [2.45, 2.75) is 39.7 Å². The van der Waals surface area contributed by atoms with Gasteiger partial charge in [0.15, 0.2) is 16.7 Å². The van der Waals surface area contributed by atoms with Crippen molar-refractivity contribution in [2.24, 2.45) is 10.7 Å². The fourth-order valence-corrected chi connectivity index (χ4v) is 5.11. The van der Waals surface area contributed by atoms with Gasteiger partial charge in [-0.3, -0.25) is 14.2 Å². The molecule has 0 saturated carbocycles. The summed E-state index contributed by atoms with van der Waals surface area (Å²) in [4.78, 5) is 28.7. The van der Waals surface area contributed by atoms with Crippen molar-refractivity contribution >= 4 is 42.2 Å². The number of aromatic nitrogens is 3. The predicted molar refractivity (Wildman–Crippen MR) is 133 cm³/mol. The minimum absolute atomic E-state index is 0.0855. The number of aryl methyl sites for hydroxylation is 1. The molecule has 0 radical (unpaired) electrons. The van der Waals surface area contributed by atoms with Gasteiger partial charge >= 0.3 is 7.60 Å². The molecule has 13 heteroatoms. The summed E-state index contributed by atoms with van der Waals surface area (Å²) in [5.41, 5.74) is 5.83. The Labute approximate surface area is 203 Å². The fraction of sp³-hybridized carbons (Fsp3) is 0.476. The van der Waals surface area contributed by atoms with Crippen molar-refractivity contribution in [1.82, 2.24) is 20.3 Å². The van der Waals surface area contributed by atoms with Crippen LogP contribution in [0.1, 0.15) is 54.0 Å². The number of carbonyl (C=O) groups excluding carboxylic acids is 2. The summed E-state index contributed by atoms with van der Waals surface area (Å²) in [6.07, 6.45) is 4.09. The van der Waals surface area contributed by atoms with E-state index >= 15 is 0 Å². The molecular weight excluding hydrogens is 479 g/mol. The molecule has 1 aromatic heterocycles. The van der Waals surface area contributed by atoms with Crippen molar-refractivity contribution in [1.29, 1.82) is 0 Å². The number of amides is 2. The zero-order valence-electron chi connectivity index (χ0n) is 19.6. The topological polar surface area (TPSA) is 151 Å². The Bertz CT molecular complexity index is 1020. The number of unbranched alkanes of at least 4 members (excludes halogenated alkanes) is 2. The number of hydrogen-bond donors (Lipinski definition) is 2. The second kappa shape index (κ2) is 14.0.